The van der Waals surface area contributed by atoms with E-state index in [1.54, 1.807) is 0 Å². The second kappa shape index (κ2) is 11.8. The van der Waals surface area contributed by atoms with Gasteiger partial charge in [-0.3, -0.25) is 4.90 Å². The fourth-order valence-electron chi connectivity index (χ4n) is 3.09. The lowest BCUT2D eigenvalue weighted by atomic mass is 10.1. The third kappa shape index (κ3) is 7.81. The molecule has 0 aromatic rings. The molecule has 3 rings (SSSR count). The molecule has 7 nitrogen and oxygen atoms in total. The lowest BCUT2D eigenvalue weighted by molar-refractivity contribution is -0.978. The quantitative estimate of drug-likeness (QED) is 0.429. The summed E-state index contributed by atoms with van der Waals surface area (Å²) in [4.78, 5) is 2.17. The number of aliphatic hydroxyl groups is 2. The van der Waals surface area contributed by atoms with Gasteiger partial charge in [-0.1, -0.05) is 0 Å². The maximum atomic E-state index is 9.20. The summed E-state index contributed by atoms with van der Waals surface area (Å²) in [7, 11) is 0. The number of morpholine rings is 2. The maximum absolute atomic E-state index is 9.20. The number of hydrogen-bond donors (Lipinski definition) is 3. The van der Waals surface area contributed by atoms with Crippen LogP contribution in [0, 0.1) is 0 Å². The Balaban J connectivity index is 0.000000388. The van der Waals surface area contributed by atoms with E-state index in [0.29, 0.717) is 13.1 Å². The summed E-state index contributed by atoms with van der Waals surface area (Å²) in [6.45, 7) is 10.3. The van der Waals surface area contributed by atoms with Gasteiger partial charge in [-0.15, -0.1) is 12.4 Å². The van der Waals surface area contributed by atoms with Crippen LogP contribution in [0.5, 0.6) is 0 Å². The van der Waals surface area contributed by atoms with Crippen LogP contribution in [0.25, 0.3) is 0 Å². The molecule has 4 N–H and O–H groups in total. The zero-order chi connectivity index (χ0) is 15.1. The van der Waals surface area contributed by atoms with Gasteiger partial charge in [-0.25, -0.2) is 0 Å². The zero-order valence-corrected chi connectivity index (χ0v) is 15.2. The number of ether oxygens (including phenoxy) is 2. The highest BCUT2D eigenvalue weighted by Crippen LogP contribution is 2.21. The smallest absolute Gasteiger partial charge is 0.152 e. The summed E-state index contributed by atoms with van der Waals surface area (Å²) >= 11 is 0. The summed E-state index contributed by atoms with van der Waals surface area (Å²) < 4.78 is 11.5. The first-order valence-corrected chi connectivity index (χ1v) is 7.93. The van der Waals surface area contributed by atoms with Gasteiger partial charge in [0.25, 0.3) is 0 Å². The molecule has 0 aliphatic carbocycles. The number of β-amino-alcohol motifs (C(OH)–C–C–N with tert-alkyl or cyclic N) is 1. The number of aliphatic hydroxyl groups excluding tert-OH is 2. The van der Waals surface area contributed by atoms with Gasteiger partial charge in [0.1, 0.15) is 26.2 Å². The topological polar surface area (TPSA) is 88.2 Å². The van der Waals surface area contributed by atoms with E-state index in [1.165, 1.54) is 0 Å². The Labute approximate surface area is 151 Å². The molecule has 9 heteroatoms. The molecule has 1 unspecified atom stereocenters. The van der Waals surface area contributed by atoms with E-state index >= 15 is 0 Å². The summed E-state index contributed by atoms with van der Waals surface area (Å²) in [5.74, 6) is 0. The molecule has 0 amide bonds. The SMILES string of the molecule is Cl.NCC(O)CN1CCOCC1.OC1C[N+]2(CCOCC2)C1.[Cl-]. The molecular weight excluding hydrogens is 345 g/mol. The number of quaternary nitrogens is 1. The van der Waals surface area contributed by atoms with E-state index in [4.69, 9.17) is 20.3 Å². The van der Waals surface area contributed by atoms with Crippen molar-refractivity contribution < 1.29 is 36.6 Å². The Morgan fingerprint density at radius 2 is 1.61 bits per heavy atom. The number of nitrogens with zero attached hydrogens (tertiary/aromatic N) is 2. The van der Waals surface area contributed by atoms with Gasteiger partial charge in [0, 0.05) is 26.2 Å². The molecular formula is C14H31Cl2N3O4. The van der Waals surface area contributed by atoms with Gasteiger partial charge in [0.2, 0.25) is 0 Å². The minimum Gasteiger partial charge on any atom is -1.00 e. The molecule has 140 valence electrons. The van der Waals surface area contributed by atoms with Crippen LogP contribution in [0.4, 0.5) is 0 Å². The normalized spacial score (nSPS) is 25.2. The van der Waals surface area contributed by atoms with Gasteiger partial charge >= 0.3 is 0 Å². The molecule has 23 heavy (non-hydrogen) atoms. The van der Waals surface area contributed by atoms with Crippen molar-refractivity contribution in [3.05, 3.63) is 0 Å². The molecule has 1 atom stereocenters. The van der Waals surface area contributed by atoms with Gasteiger partial charge in [0.15, 0.2) is 6.10 Å². The lowest BCUT2D eigenvalue weighted by Crippen LogP contribution is -3.00. The molecule has 0 saturated carbocycles. The Morgan fingerprint density at radius 3 is 2.09 bits per heavy atom. The molecule has 1 spiro atoms. The van der Waals surface area contributed by atoms with Crippen LogP contribution < -0.4 is 18.1 Å². The fourth-order valence-corrected chi connectivity index (χ4v) is 3.09. The van der Waals surface area contributed by atoms with Crippen LogP contribution >= 0.6 is 12.4 Å². The van der Waals surface area contributed by atoms with Crippen LogP contribution in [-0.4, -0.2) is 111 Å². The number of nitrogens with two attached hydrogens (primary N) is 1. The van der Waals surface area contributed by atoms with E-state index < -0.39 is 0 Å². The molecule has 0 aromatic carbocycles. The van der Waals surface area contributed by atoms with Gasteiger partial charge in [0.05, 0.1) is 32.5 Å². The van der Waals surface area contributed by atoms with E-state index in [2.05, 4.69) is 4.90 Å². The van der Waals surface area contributed by atoms with Crippen LogP contribution in [0.2, 0.25) is 0 Å². The third-order valence-corrected chi connectivity index (χ3v) is 4.46. The third-order valence-electron chi connectivity index (χ3n) is 4.46. The predicted molar refractivity (Wildman–Crippen MR) is 86.1 cm³/mol. The number of rotatable bonds is 3. The van der Waals surface area contributed by atoms with Crippen molar-refractivity contribution in [2.24, 2.45) is 5.73 Å². The summed E-state index contributed by atoms with van der Waals surface area (Å²) in [5.41, 5.74) is 5.28. The monoisotopic (exact) mass is 375 g/mol. The van der Waals surface area contributed by atoms with Crippen LogP contribution in [-0.2, 0) is 9.47 Å². The first-order valence-electron chi connectivity index (χ1n) is 7.93. The van der Waals surface area contributed by atoms with Crippen molar-refractivity contribution in [1.29, 1.82) is 0 Å². The Morgan fingerprint density at radius 1 is 1.09 bits per heavy atom. The van der Waals surface area contributed by atoms with Crippen LogP contribution in [0.1, 0.15) is 0 Å². The molecule has 0 bridgehead atoms. The van der Waals surface area contributed by atoms with Crippen LogP contribution in [0.15, 0.2) is 0 Å². The van der Waals surface area contributed by atoms with Crippen molar-refractivity contribution in [1.82, 2.24) is 4.90 Å². The van der Waals surface area contributed by atoms with E-state index in [1.807, 2.05) is 0 Å². The minimum atomic E-state index is -0.381. The van der Waals surface area contributed by atoms with Gasteiger partial charge in [-0.2, -0.15) is 0 Å². The molecule has 3 fully saturated rings. The maximum Gasteiger partial charge on any atom is 0.152 e. The highest BCUT2D eigenvalue weighted by molar-refractivity contribution is 5.85. The first-order chi connectivity index (χ1) is 10.1. The van der Waals surface area contributed by atoms with Gasteiger partial charge < -0.3 is 42.3 Å². The first kappa shape index (κ1) is 23.3. The average Bonchev–Trinajstić information content (AvgIpc) is 2.48. The lowest BCUT2D eigenvalue weighted by Gasteiger charge is -2.50. The zero-order valence-electron chi connectivity index (χ0n) is 13.6. The van der Waals surface area contributed by atoms with Crippen molar-refractivity contribution in [3.8, 4) is 0 Å². The summed E-state index contributed by atoms with van der Waals surface area (Å²) in [6, 6.07) is 0. The van der Waals surface area contributed by atoms with Crippen molar-refractivity contribution >= 4 is 12.4 Å². The van der Waals surface area contributed by atoms with Gasteiger partial charge in [-0.05, 0) is 0 Å². The van der Waals surface area contributed by atoms with E-state index in [0.717, 1.165) is 70.2 Å². The van der Waals surface area contributed by atoms with E-state index in [9.17, 15) is 5.11 Å². The predicted octanol–water partition coefficient (Wildman–Crippen LogP) is -4.73. The Hall–Kier alpha value is 0.300. The van der Waals surface area contributed by atoms with Crippen molar-refractivity contribution in [2.75, 3.05) is 78.8 Å². The van der Waals surface area contributed by atoms with Crippen LogP contribution in [0.3, 0.4) is 0 Å². The average molecular weight is 376 g/mol. The van der Waals surface area contributed by atoms with Crippen molar-refractivity contribution in [2.45, 2.75) is 12.2 Å². The standard InChI is InChI=1S/C7H16N2O2.C7H14NO2.2ClH/c8-5-7(10)6-9-1-3-11-4-2-9;9-7-5-8(6-7)1-3-10-4-2-8;;/h7,10H,1-6,8H2;7,9H,1-6H2;2*1H/q;+1;;/p-1. The number of halogens is 2. The summed E-state index contributed by atoms with van der Waals surface area (Å²) in [6.07, 6.45) is -0.411. The molecule has 3 aliphatic heterocycles. The van der Waals surface area contributed by atoms with E-state index in [-0.39, 0.29) is 37.0 Å². The number of hydrogen-bond acceptors (Lipinski definition) is 6. The Kier molecular flexibility index (Phi) is 11.9. The molecule has 3 heterocycles. The minimum absolute atomic E-state index is 0. The highest BCUT2D eigenvalue weighted by atomic mass is 35.5. The Bertz CT molecular complexity index is 288. The second-order valence-corrected chi connectivity index (χ2v) is 6.22. The largest absolute Gasteiger partial charge is 1.00 e. The fraction of sp³-hybridized carbons (Fsp3) is 1.00. The summed E-state index contributed by atoms with van der Waals surface area (Å²) in [5, 5.41) is 18.3. The molecule has 0 radical (unpaired) electrons. The molecule has 0 aromatic heterocycles. The highest BCUT2D eigenvalue weighted by Gasteiger charge is 2.43. The molecule has 3 aliphatic rings. The molecule has 3 saturated heterocycles. The second-order valence-electron chi connectivity index (χ2n) is 6.22. The van der Waals surface area contributed by atoms with Crippen molar-refractivity contribution in [3.63, 3.8) is 0 Å².